The minimum Gasteiger partial charge on any atom is -0.388 e. The molecule has 2 heteroatoms. The lowest BCUT2D eigenvalue weighted by Crippen LogP contribution is -1.98. The lowest BCUT2D eigenvalue weighted by atomic mass is 10.0. The van der Waals surface area contributed by atoms with Crippen molar-refractivity contribution in [3.63, 3.8) is 0 Å². The highest BCUT2D eigenvalue weighted by atomic mass is 79.9. The summed E-state index contributed by atoms with van der Waals surface area (Å²) in [5.74, 6) is 0. The Kier molecular flexibility index (Phi) is 2.77. The average molecular weight is 289 g/mol. The van der Waals surface area contributed by atoms with E-state index in [1.165, 1.54) is 22.3 Å². The molecule has 86 valence electrons. The number of aliphatic hydroxyl groups is 1. The summed E-state index contributed by atoms with van der Waals surface area (Å²) >= 11 is 3.31. The molecule has 3 rings (SSSR count). The molecule has 2 aromatic rings. The predicted octanol–water partition coefficient (Wildman–Crippen LogP) is 3.69. The fourth-order valence-corrected chi connectivity index (χ4v) is 2.84. The van der Waals surface area contributed by atoms with Gasteiger partial charge in [-0.25, -0.2) is 0 Å². The van der Waals surface area contributed by atoms with Crippen molar-refractivity contribution in [1.82, 2.24) is 0 Å². The Hall–Kier alpha value is -1.12. The number of hydrogen-bond donors (Lipinski definition) is 1. The molecule has 0 heterocycles. The largest absolute Gasteiger partial charge is 0.388 e. The number of alkyl halides is 1. The Bertz CT molecular complexity index is 563. The van der Waals surface area contributed by atoms with Crippen LogP contribution in [0.5, 0.6) is 0 Å². The zero-order valence-electron chi connectivity index (χ0n) is 9.36. The molecule has 0 amide bonds. The fourth-order valence-electron chi connectivity index (χ4n) is 2.46. The van der Waals surface area contributed by atoms with Crippen molar-refractivity contribution in [2.24, 2.45) is 0 Å². The Balaban J connectivity index is 2.07. The molecular formula is C15H13BrO. The second-order valence-corrected chi connectivity index (χ2v) is 5.07. The first-order valence-corrected chi connectivity index (χ1v) is 6.87. The predicted molar refractivity (Wildman–Crippen MR) is 73.4 cm³/mol. The van der Waals surface area contributed by atoms with Crippen molar-refractivity contribution in [2.75, 3.05) is 5.33 Å². The third-order valence-corrected chi connectivity index (χ3v) is 3.96. The zero-order valence-corrected chi connectivity index (χ0v) is 10.9. The summed E-state index contributed by atoms with van der Waals surface area (Å²) in [4.78, 5) is 0. The highest BCUT2D eigenvalue weighted by Crippen LogP contribution is 2.37. The maximum Gasteiger partial charge on any atom is 0.0886 e. The van der Waals surface area contributed by atoms with Crippen LogP contribution in [0.1, 0.15) is 22.8 Å². The Labute approximate surface area is 109 Å². The normalized spacial score (nSPS) is 14.2. The summed E-state index contributed by atoms with van der Waals surface area (Å²) in [5, 5.41) is 10.4. The van der Waals surface area contributed by atoms with Crippen LogP contribution >= 0.6 is 15.9 Å². The molecule has 1 aliphatic carbocycles. The number of fused-ring (bicyclic) bond motifs is 3. The van der Waals surface area contributed by atoms with E-state index < -0.39 is 6.10 Å². The van der Waals surface area contributed by atoms with Gasteiger partial charge < -0.3 is 5.11 Å². The van der Waals surface area contributed by atoms with Gasteiger partial charge in [0.15, 0.2) is 0 Å². The van der Waals surface area contributed by atoms with Crippen LogP contribution in [0.2, 0.25) is 0 Å². The van der Waals surface area contributed by atoms with E-state index in [0.717, 1.165) is 12.0 Å². The Morgan fingerprint density at radius 2 is 1.82 bits per heavy atom. The molecule has 0 saturated heterocycles. The third-order valence-electron chi connectivity index (χ3n) is 3.35. The van der Waals surface area contributed by atoms with Crippen LogP contribution in [0.4, 0.5) is 0 Å². The molecule has 17 heavy (non-hydrogen) atoms. The summed E-state index contributed by atoms with van der Waals surface area (Å²) in [6.07, 6.45) is 0.568. The van der Waals surface area contributed by atoms with E-state index in [9.17, 15) is 5.11 Å². The molecule has 0 aliphatic heterocycles. The lowest BCUT2D eigenvalue weighted by molar-refractivity contribution is 0.205. The van der Waals surface area contributed by atoms with Gasteiger partial charge >= 0.3 is 0 Å². The topological polar surface area (TPSA) is 20.2 Å². The Morgan fingerprint density at radius 1 is 1.06 bits per heavy atom. The summed E-state index contributed by atoms with van der Waals surface area (Å²) in [6.45, 7) is 0. The SMILES string of the molecule is O[C@H](CBr)c1ccc2c(c1)Cc1ccccc1-2. The van der Waals surface area contributed by atoms with E-state index in [1.54, 1.807) is 0 Å². The third kappa shape index (κ3) is 1.81. The summed E-state index contributed by atoms with van der Waals surface area (Å²) < 4.78 is 0. The molecule has 2 aromatic carbocycles. The summed E-state index contributed by atoms with van der Waals surface area (Å²) in [7, 11) is 0. The van der Waals surface area contributed by atoms with Crippen molar-refractivity contribution in [3.05, 3.63) is 59.2 Å². The van der Waals surface area contributed by atoms with Gasteiger partial charge in [-0.15, -0.1) is 0 Å². The van der Waals surface area contributed by atoms with Crippen molar-refractivity contribution >= 4 is 15.9 Å². The number of halogens is 1. The number of benzene rings is 2. The summed E-state index contributed by atoms with van der Waals surface area (Å²) in [6, 6.07) is 14.8. The van der Waals surface area contributed by atoms with Gasteiger partial charge in [-0.1, -0.05) is 58.4 Å². The fraction of sp³-hybridized carbons (Fsp3) is 0.200. The van der Waals surface area contributed by atoms with Crippen LogP contribution in [0.3, 0.4) is 0 Å². The second-order valence-electron chi connectivity index (χ2n) is 4.42. The molecule has 1 N–H and O–H groups in total. The molecule has 1 aliphatic rings. The minimum absolute atomic E-state index is 0.413. The van der Waals surface area contributed by atoms with E-state index in [4.69, 9.17) is 0 Å². The monoisotopic (exact) mass is 288 g/mol. The molecule has 0 fully saturated rings. The molecule has 0 saturated carbocycles. The van der Waals surface area contributed by atoms with Crippen molar-refractivity contribution in [3.8, 4) is 11.1 Å². The molecule has 0 radical (unpaired) electrons. The van der Waals surface area contributed by atoms with Crippen molar-refractivity contribution in [1.29, 1.82) is 0 Å². The van der Waals surface area contributed by atoms with Gasteiger partial charge in [0.1, 0.15) is 0 Å². The first kappa shape index (κ1) is 11.0. The molecule has 0 spiro atoms. The van der Waals surface area contributed by atoms with E-state index in [2.05, 4.69) is 52.3 Å². The van der Waals surface area contributed by atoms with Crippen LogP contribution in [0.15, 0.2) is 42.5 Å². The molecular weight excluding hydrogens is 276 g/mol. The standard InChI is InChI=1S/C15H13BrO/c16-9-15(17)11-5-6-14-12(8-11)7-10-3-1-2-4-13(10)14/h1-6,8,15,17H,7,9H2/t15-/m1/s1. The van der Waals surface area contributed by atoms with Gasteiger partial charge in [0.25, 0.3) is 0 Å². The smallest absolute Gasteiger partial charge is 0.0886 e. The van der Waals surface area contributed by atoms with E-state index in [0.29, 0.717) is 5.33 Å². The molecule has 1 nitrogen and oxygen atoms in total. The van der Waals surface area contributed by atoms with Gasteiger partial charge in [0.2, 0.25) is 0 Å². The zero-order chi connectivity index (χ0) is 11.8. The van der Waals surface area contributed by atoms with Crippen LogP contribution in [-0.4, -0.2) is 10.4 Å². The van der Waals surface area contributed by atoms with Gasteiger partial charge in [0, 0.05) is 5.33 Å². The first-order chi connectivity index (χ1) is 8.29. The minimum atomic E-state index is -0.413. The lowest BCUT2D eigenvalue weighted by Gasteiger charge is -2.09. The van der Waals surface area contributed by atoms with E-state index >= 15 is 0 Å². The summed E-state index contributed by atoms with van der Waals surface area (Å²) in [5.41, 5.74) is 6.35. The van der Waals surface area contributed by atoms with Crippen molar-refractivity contribution in [2.45, 2.75) is 12.5 Å². The van der Waals surface area contributed by atoms with Crippen molar-refractivity contribution < 1.29 is 5.11 Å². The van der Waals surface area contributed by atoms with Crippen LogP contribution in [0, 0.1) is 0 Å². The number of aliphatic hydroxyl groups excluding tert-OH is 1. The van der Waals surface area contributed by atoms with E-state index in [-0.39, 0.29) is 0 Å². The molecule has 0 bridgehead atoms. The van der Waals surface area contributed by atoms with Gasteiger partial charge in [-0.05, 0) is 34.2 Å². The van der Waals surface area contributed by atoms with Gasteiger partial charge in [-0.3, -0.25) is 0 Å². The number of hydrogen-bond acceptors (Lipinski definition) is 1. The molecule has 0 unspecified atom stereocenters. The average Bonchev–Trinajstić information content (AvgIpc) is 2.75. The second kappa shape index (κ2) is 4.28. The maximum absolute atomic E-state index is 9.83. The van der Waals surface area contributed by atoms with Crippen LogP contribution < -0.4 is 0 Å². The molecule has 0 aromatic heterocycles. The van der Waals surface area contributed by atoms with E-state index in [1.807, 2.05) is 6.07 Å². The number of rotatable bonds is 2. The first-order valence-electron chi connectivity index (χ1n) is 5.74. The Morgan fingerprint density at radius 3 is 2.65 bits per heavy atom. The van der Waals surface area contributed by atoms with Gasteiger partial charge in [-0.2, -0.15) is 0 Å². The van der Waals surface area contributed by atoms with Crippen LogP contribution in [-0.2, 0) is 6.42 Å². The molecule has 1 atom stereocenters. The highest BCUT2D eigenvalue weighted by Gasteiger charge is 2.18. The quantitative estimate of drug-likeness (QED) is 0.713. The highest BCUT2D eigenvalue weighted by molar-refractivity contribution is 9.09. The van der Waals surface area contributed by atoms with Crippen LogP contribution in [0.25, 0.3) is 11.1 Å². The maximum atomic E-state index is 9.83. The van der Waals surface area contributed by atoms with Gasteiger partial charge in [0.05, 0.1) is 6.10 Å².